The smallest absolute Gasteiger partial charge is 0.287 e. The minimum atomic E-state index is -0.222. The van der Waals surface area contributed by atoms with Crippen LogP contribution in [0.1, 0.15) is 17.5 Å². The van der Waals surface area contributed by atoms with Gasteiger partial charge >= 0.3 is 0 Å². The predicted octanol–water partition coefficient (Wildman–Crippen LogP) is 3.35. The fourth-order valence-electron chi connectivity index (χ4n) is 2.49. The number of fused-ring (bicyclic) bond motifs is 3. The van der Waals surface area contributed by atoms with Gasteiger partial charge in [-0.2, -0.15) is 0 Å². The summed E-state index contributed by atoms with van der Waals surface area (Å²) in [6.07, 6.45) is 0. The van der Waals surface area contributed by atoms with E-state index in [0.717, 1.165) is 21.7 Å². The van der Waals surface area contributed by atoms with Crippen LogP contribution in [-0.2, 0) is 4.74 Å². The monoisotopic (exact) mass is 283 g/mol. The number of amides is 1. The first-order valence-corrected chi connectivity index (χ1v) is 6.90. The summed E-state index contributed by atoms with van der Waals surface area (Å²) in [6.45, 7) is 2.36. The number of nitrogens with one attached hydrogen (secondary N) is 1. The molecule has 0 aliphatic heterocycles. The third kappa shape index (κ3) is 2.62. The van der Waals surface area contributed by atoms with E-state index in [4.69, 9.17) is 9.15 Å². The van der Waals surface area contributed by atoms with Crippen molar-refractivity contribution in [3.8, 4) is 0 Å². The first-order valence-electron chi connectivity index (χ1n) is 6.90. The molecule has 0 spiro atoms. The Hall–Kier alpha value is -2.33. The summed E-state index contributed by atoms with van der Waals surface area (Å²) >= 11 is 0. The van der Waals surface area contributed by atoms with Crippen molar-refractivity contribution in [3.05, 3.63) is 48.2 Å². The lowest BCUT2D eigenvalue weighted by molar-refractivity contribution is 0.0880. The van der Waals surface area contributed by atoms with Crippen molar-refractivity contribution in [1.82, 2.24) is 5.32 Å². The molecule has 1 heterocycles. The number of furan rings is 1. The van der Waals surface area contributed by atoms with Crippen LogP contribution in [0.3, 0.4) is 0 Å². The van der Waals surface area contributed by atoms with E-state index in [1.807, 2.05) is 43.3 Å². The Labute approximate surface area is 122 Å². The summed E-state index contributed by atoms with van der Waals surface area (Å²) in [4.78, 5) is 12.2. The number of methoxy groups -OCH3 is 1. The molecule has 0 fully saturated rings. The highest BCUT2D eigenvalue weighted by atomic mass is 16.5. The predicted molar refractivity (Wildman–Crippen MR) is 82.5 cm³/mol. The Morgan fingerprint density at radius 2 is 2.05 bits per heavy atom. The maximum absolute atomic E-state index is 12.2. The maximum Gasteiger partial charge on any atom is 0.287 e. The van der Waals surface area contributed by atoms with E-state index in [-0.39, 0.29) is 11.9 Å². The molecule has 0 radical (unpaired) electrons. The maximum atomic E-state index is 12.2. The zero-order chi connectivity index (χ0) is 14.8. The van der Waals surface area contributed by atoms with Crippen molar-refractivity contribution in [2.24, 2.45) is 0 Å². The van der Waals surface area contributed by atoms with Gasteiger partial charge < -0.3 is 14.5 Å². The molecule has 0 bridgehead atoms. The molecule has 2 aromatic carbocycles. The highest BCUT2D eigenvalue weighted by molar-refractivity contribution is 6.08. The van der Waals surface area contributed by atoms with Gasteiger partial charge in [0.2, 0.25) is 0 Å². The third-order valence-electron chi connectivity index (χ3n) is 3.44. The zero-order valence-electron chi connectivity index (χ0n) is 12.1. The summed E-state index contributed by atoms with van der Waals surface area (Å²) in [7, 11) is 1.61. The lowest BCUT2D eigenvalue weighted by Crippen LogP contribution is -2.35. The summed E-state index contributed by atoms with van der Waals surface area (Å²) in [5.74, 6) is 0.101. The molecule has 4 nitrogen and oxygen atoms in total. The summed E-state index contributed by atoms with van der Waals surface area (Å²) in [5.41, 5.74) is 0.721. The Balaban J connectivity index is 1.97. The first kappa shape index (κ1) is 13.6. The Morgan fingerprint density at radius 3 is 2.86 bits per heavy atom. The van der Waals surface area contributed by atoms with E-state index in [1.54, 1.807) is 13.2 Å². The van der Waals surface area contributed by atoms with Crippen LogP contribution in [0.5, 0.6) is 0 Å². The second-order valence-electron chi connectivity index (χ2n) is 5.14. The van der Waals surface area contributed by atoms with Crippen molar-refractivity contribution in [2.45, 2.75) is 13.0 Å². The number of rotatable bonds is 4. The molecular weight excluding hydrogens is 266 g/mol. The molecule has 1 amide bonds. The van der Waals surface area contributed by atoms with E-state index in [9.17, 15) is 4.79 Å². The molecule has 108 valence electrons. The molecule has 3 aromatic rings. The van der Waals surface area contributed by atoms with Gasteiger partial charge in [0.05, 0.1) is 6.61 Å². The first-order chi connectivity index (χ1) is 10.2. The molecule has 0 aliphatic rings. The molecular formula is C17H17NO3. The van der Waals surface area contributed by atoms with Crippen molar-refractivity contribution in [1.29, 1.82) is 0 Å². The largest absolute Gasteiger partial charge is 0.451 e. The molecule has 1 N–H and O–H groups in total. The van der Waals surface area contributed by atoms with Gasteiger partial charge in [-0.15, -0.1) is 0 Å². The van der Waals surface area contributed by atoms with Gasteiger partial charge in [-0.05, 0) is 29.8 Å². The van der Waals surface area contributed by atoms with Crippen LogP contribution in [0.15, 0.2) is 46.9 Å². The molecule has 3 rings (SSSR count). The minimum Gasteiger partial charge on any atom is -0.451 e. The van der Waals surface area contributed by atoms with Gasteiger partial charge in [-0.3, -0.25) is 4.79 Å². The standard InChI is InChI=1S/C17H17NO3/c1-11(10-20-2)18-17(19)16-9-14-13-6-4-3-5-12(13)7-8-15(14)21-16/h3-9,11H,10H2,1-2H3,(H,18,19)/t11-/m0/s1. The molecule has 1 aromatic heterocycles. The van der Waals surface area contributed by atoms with Crippen LogP contribution in [0.4, 0.5) is 0 Å². The van der Waals surface area contributed by atoms with Crippen LogP contribution < -0.4 is 5.32 Å². The highest BCUT2D eigenvalue weighted by Crippen LogP contribution is 2.28. The number of carbonyl (C=O) groups is 1. The Bertz CT molecular complexity index is 791. The third-order valence-corrected chi connectivity index (χ3v) is 3.44. The summed E-state index contributed by atoms with van der Waals surface area (Å²) in [5, 5.41) is 6.02. The van der Waals surface area contributed by atoms with Crippen LogP contribution in [0.25, 0.3) is 21.7 Å². The van der Waals surface area contributed by atoms with Crippen LogP contribution in [-0.4, -0.2) is 25.7 Å². The molecule has 0 saturated carbocycles. The second kappa shape index (κ2) is 5.58. The normalized spacial score (nSPS) is 12.7. The van der Waals surface area contributed by atoms with Crippen molar-refractivity contribution in [3.63, 3.8) is 0 Å². The average molecular weight is 283 g/mol. The quantitative estimate of drug-likeness (QED) is 0.799. The number of carbonyl (C=O) groups excluding carboxylic acids is 1. The molecule has 0 saturated heterocycles. The summed E-state index contributed by atoms with van der Waals surface area (Å²) < 4.78 is 10.7. The van der Waals surface area contributed by atoms with Crippen molar-refractivity contribution < 1.29 is 13.9 Å². The molecule has 4 heteroatoms. The van der Waals surface area contributed by atoms with Crippen molar-refractivity contribution in [2.75, 3.05) is 13.7 Å². The summed E-state index contributed by atoms with van der Waals surface area (Å²) in [6, 6.07) is 13.7. The highest BCUT2D eigenvalue weighted by Gasteiger charge is 2.15. The van der Waals surface area contributed by atoms with Gasteiger partial charge in [0.15, 0.2) is 5.76 Å². The SMILES string of the molecule is COC[C@H](C)NC(=O)c1cc2c(ccc3ccccc32)o1. The van der Waals surface area contributed by atoms with Crippen LogP contribution in [0.2, 0.25) is 0 Å². The molecule has 21 heavy (non-hydrogen) atoms. The van der Waals surface area contributed by atoms with Gasteiger partial charge in [0.1, 0.15) is 5.58 Å². The van der Waals surface area contributed by atoms with E-state index in [2.05, 4.69) is 5.32 Å². The molecule has 0 unspecified atom stereocenters. The van der Waals surface area contributed by atoms with E-state index < -0.39 is 0 Å². The van der Waals surface area contributed by atoms with Gasteiger partial charge in [-0.1, -0.05) is 30.3 Å². The van der Waals surface area contributed by atoms with Crippen LogP contribution in [0, 0.1) is 0 Å². The Kier molecular flexibility index (Phi) is 3.62. The zero-order valence-corrected chi connectivity index (χ0v) is 12.1. The van der Waals surface area contributed by atoms with Gasteiger partial charge in [-0.25, -0.2) is 0 Å². The van der Waals surface area contributed by atoms with Gasteiger partial charge in [0, 0.05) is 18.5 Å². The average Bonchev–Trinajstić information content (AvgIpc) is 2.92. The number of hydrogen-bond acceptors (Lipinski definition) is 3. The van der Waals surface area contributed by atoms with E-state index >= 15 is 0 Å². The minimum absolute atomic E-state index is 0.0625. The van der Waals surface area contributed by atoms with Crippen LogP contribution >= 0.6 is 0 Å². The number of hydrogen-bond donors (Lipinski definition) is 1. The van der Waals surface area contributed by atoms with E-state index in [1.165, 1.54) is 0 Å². The van der Waals surface area contributed by atoms with Gasteiger partial charge in [0.25, 0.3) is 5.91 Å². The fourth-order valence-corrected chi connectivity index (χ4v) is 2.49. The fraction of sp³-hybridized carbons (Fsp3) is 0.235. The molecule has 0 aliphatic carbocycles. The lowest BCUT2D eigenvalue weighted by Gasteiger charge is -2.10. The molecule has 1 atom stereocenters. The topological polar surface area (TPSA) is 51.5 Å². The number of ether oxygens (including phenoxy) is 1. The Morgan fingerprint density at radius 1 is 1.24 bits per heavy atom. The number of benzene rings is 2. The second-order valence-corrected chi connectivity index (χ2v) is 5.14. The lowest BCUT2D eigenvalue weighted by atomic mass is 10.1. The van der Waals surface area contributed by atoms with Crippen molar-refractivity contribution >= 4 is 27.6 Å². The van der Waals surface area contributed by atoms with E-state index in [0.29, 0.717) is 12.4 Å².